The largest absolute Gasteiger partial charge is 3.00 e. The van der Waals surface area contributed by atoms with Gasteiger partial charge in [-0.1, -0.05) is 23.3 Å². The van der Waals surface area contributed by atoms with E-state index in [2.05, 4.69) is 61.9 Å². The van der Waals surface area contributed by atoms with Crippen molar-refractivity contribution < 1.29 is 30.3 Å². The van der Waals surface area contributed by atoms with Crippen LogP contribution in [-0.4, -0.2) is 34.4 Å². The van der Waals surface area contributed by atoms with Crippen LogP contribution in [-0.2, 0) is 20.1 Å². The van der Waals surface area contributed by atoms with Crippen molar-refractivity contribution in [1.29, 1.82) is 0 Å². The van der Waals surface area contributed by atoms with Crippen molar-refractivity contribution in [2.24, 2.45) is 0 Å². The van der Waals surface area contributed by atoms with Gasteiger partial charge in [-0.25, -0.2) is 0 Å². The molecule has 0 fully saturated rings. The van der Waals surface area contributed by atoms with E-state index in [9.17, 15) is 0 Å². The van der Waals surface area contributed by atoms with E-state index in [1.807, 2.05) is 60.9 Å². The van der Waals surface area contributed by atoms with E-state index in [1.54, 1.807) is 0 Å². The van der Waals surface area contributed by atoms with Crippen molar-refractivity contribution in [2.45, 2.75) is 27.7 Å². The first-order valence-electron chi connectivity index (χ1n) is 10.2. The molecule has 0 radical (unpaired) electrons. The predicted octanol–water partition coefficient (Wildman–Crippen LogP) is 5.55. The molecule has 4 aromatic rings. The molecule has 0 bridgehead atoms. The standard InChI is InChI=1S/2C13H12N.2CH4O.Ir/c2*1-10-8-13(14-9-11(10)2)12-6-4-3-5-7-12;2*1-2;/h2*3-6,8-9H,1-2H3;2*2H,1H3;/q2*-1;;;+3. The van der Waals surface area contributed by atoms with E-state index in [1.165, 1.54) is 22.3 Å². The zero-order valence-electron chi connectivity index (χ0n) is 20.1. The minimum atomic E-state index is 0. The second kappa shape index (κ2) is 16.9. The van der Waals surface area contributed by atoms with E-state index in [0.717, 1.165) is 36.7 Å². The van der Waals surface area contributed by atoms with Gasteiger partial charge in [0.05, 0.1) is 0 Å². The summed E-state index contributed by atoms with van der Waals surface area (Å²) in [5, 5.41) is 14.0. The molecule has 0 saturated heterocycles. The van der Waals surface area contributed by atoms with Gasteiger partial charge in [0.1, 0.15) is 0 Å². The summed E-state index contributed by atoms with van der Waals surface area (Å²) in [5.41, 5.74) is 9.09. The molecule has 5 heteroatoms. The second-order valence-electron chi connectivity index (χ2n) is 6.86. The summed E-state index contributed by atoms with van der Waals surface area (Å²) >= 11 is 0. The number of aliphatic hydroxyl groups is 2. The minimum absolute atomic E-state index is 0. The Kier molecular flexibility index (Phi) is 15.5. The summed E-state index contributed by atoms with van der Waals surface area (Å²) in [6.45, 7) is 8.34. The number of aromatic nitrogens is 2. The molecular weight excluding hydrogens is 589 g/mol. The average molecular weight is 621 g/mol. The smallest absolute Gasteiger partial charge is 0.400 e. The van der Waals surface area contributed by atoms with Crippen molar-refractivity contribution >= 4 is 0 Å². The number of benzene rings is 2. The third-order valence-corrected chi connectivity index (χ3v) is 4.72. The Morgan fingerprint density at radius 1 is 0.576 bits per heavy atom. The molecule has 0 spiro atoms. The first-order chi connectivity index (χ1) is 15.5. The van der Waals surface area contributed by atoms with Crippen LogP contribution < -0.4 is 0 Å². The van der Waals surface area contributed by atoms with Crippen LogP contribution in [0.5, 0.6) is 0 Å². The number of aryl methyl sites for hydroxylation is 4. The Balaban J connectivity index is 0.000000526. The molecule has 4 nitrogen and oxygen atoms in total. The molecule has 0 unspecified atom stereocenters. The van der Waals surface area contributed by atoms with Crippen molar-refractivity contribution in [1.82, 2.24) is 9.97 Å². The molecule has 2 aromatic heterocycles. The maximum atomic E-state index is 7.00. The van der Waals surface area contributed by atoms with Gasteiger partial charge in [-0.3, -0.25) is 0 Å². The van der Waals surface area contributed by atoms with Gasteiger partial charge in [0.2, 0.25) is 0 Å². The van der Waals surface area contributed by atoms with Gasteiger partial charge in [0.15, 0.2) is 0 Å². The van der Waals surface area contributed by atoms with Crippen LogP contribution in [0.4, 0.5) is 0 Å². The van der Waals surface area contributed by atoms with Gasteiger partial charge in [-0.05, 0) is 50.2 Å². The fraction of sp³-hybridized carbons (Fsp3) is 0.214. The molecule has 0 aliphatic carbocycles. The SMILES string of the molecule is CO.CO.Cc1cnc(-c2[c-]cccc2)cc1C.Cc1cnc(-c2[c-]cccc2)cc1C.[Ir+3]. The molecule has 0 saturated carbocycles. The van der Waals surface area contributed by atoms with E-state index >= 15 is 0 Å². The summed E-state index contributed by atoms with van der Waals surface area (Å²) in [4.78, 5) is 8.76. The van der Waals surface area contributed by atoms with Crippen LogP contribution in [0.2, 0.25) is 0 Å². The fourth-order valence-electron chi connectivity index (χ4n) is 2.65. The molecule has 0 aliphatic rings. The Labute approximate surface area is 211 Å². The number of hydrogen-bond acceptors (Lipinski definition) is 4. The molecule has 174 valence electrons. The number of hydrogen-bond donors (Lipinski definition) is 2. The monoisotopic (exact) mass is 621 g/mol. The third kappa shape index (κ3) is 9.77. The van der Waals surface area contributed by atoms with Crippen molar-refractivity contribution in [2.75, 3.05) is 14.2 Å². The van der Waals surface area contributed by atoms with Gasteiger partial charge in [-0.15, -0.1) is 71.8 Å². The summed E-state index contributed by atoms with van der Waals surface area (Å²) in [7, 11) is 2.00. The van der Waals surface area contributed by atoms with Crippen LogP contribution in [0.25, 0.3) is 22.5 Å². The summed E-state index contributed by atoms with van der Waals surface area (Å²) in [6.07, 6.45) is 3.82. The van der Waals surface area contributed by atoms with Gasteiger partial charge >= 0.3 is 20.1 Å². The molecule has 0 amide bonds. The molecule has 33 heavy (non-hydrogen) atoms. The van der Waals surface area contributed by atoms with Crippen molar-refractivity contribution in [3.05, 3.63) is 107 Å². The summed E-state index contributed by atoms with van der Waals surface area (Å²) in [6, 6.07) is 26.3. The Hall–Kier alpha value is -2.69. The van der Waals surface area contributed by atoms with Gasteiger partial charge < -0.3 is 20.2 Å². The third-order valence-electron chi connectivity index (χ3n) is 4.72. The number of rotatable bonds is 2. The second-order valence-corrected chi connectivity index (χ2v) is 6.86. The number of pyridine rings is 2. The summed E-state index contributed by atoms with van der Waals surface area (Å²) in [5.74, 6) is 0. The quantitative estimate of drug-likeness (QED) is 0.289. The Bertz CT molecular complexity index is 969. The van der Waals surface area contributed by atoms with Gasteiger partial charge in [0.25, 0.3) is 0 Å². The number of nitrogens with zero attached hydrogens (tertiary/aromatic N) is 2. The van der Waals surface area contributed by atoms with Crippen LogP contribution >= 0.6 is 0 Å². The van der Waals surface area contributed by atoms with E-state index in [0.29, 0.717) is 0 Å². The van der Waals surface area contributed by atoms with Crippen LogP contribution in [0.1, 0.15) is 22.3 Å². The Morgan fingerprint density at radius 2 is 0.939 bits per heavy atom. The van der Waals surface area contributed by atoms with Crippen molar-refractivity contribution in [3.8, 4) is 22.5 Å². The molecule has 2 aromatic carbocycles. The van der Waals surface area contributed by atoms with Crippen LogP contribution in [0.15, 0.2) is 73.1 Å². The summed E-state index contributed by atoms with van der Waals surface area (Å²) < 4.78 is 0. The fourth-order valence-corrected chi connectivity index (χ4v) is 2.65. The van der Waals surface area contributed by atoms with Crippen LogP contribution in [0, 0.1) is 39.8 Å². The molecule has 2 N–H and O–H groups in total. The molecule has 0 atom stereocenters. The molecular formula is C28H32IrN2O2+. The first-order valence-corrected chi connectivity index (χ1v) is 10.2. The molecule has 4 rings (SSSR count). The maximum Gasteiger partial charge on any atom is 3.00 e. The normalized spacial score (nSPS) is 8.97. The topological polar surface area (TPSA) is 66.2 Å². The van der Waals surface area contributed by atoms with E-state index in [4.69, 9.17) is 10.2 Å². The minimum Gasteiger partial charge on any atom is -0.400 e. The zero-order valence-corrected chi connectivity index (χ0v) is 22.4. The van der Waals surface area contributed by atoms with Crippen molar-refractivity contribution in [3.63, 3.8) is 0 Å². The van der Waals surface area contributed by atoms with Crippen LogP contribution in [0.3, 0.4) is 0 Å². The van der Waals surface area contributed by atoms with E-state index in [-0.39, 0.29) is 20.1 Å². The average Bonchev–Trinajstić information content (AvgIpc) is 2.86. The molecule has 2 heterocycles. The van der Waals surface area contributed by atoms with E-state index < -0.39 is 0 Å². The first kappa shape index (κ1) is 30.3. The predicted molar refractivity (Wildman–Crippen MR) is 132 cm³/mol. The Morgan fingerprint density at radius 3 is 1.21 bits per heavy atom. The van der Waals surface area contributed by atoms with Gasteiger partial charge in [-0.2, -0.15) is 0 Å². The number of aliphatic hydroxyl groups excluding tert-OH is 2. The zero-order chi connectivity index (χ0) is 23.9. The molecule has 0 aliphatic heterocycles. The van der Waals surface area contributed by atoms with Gasteiger partial charge in [0, 0.05) is 26.6 Å². The maximum absolute atomic E-state index is 7.00.